The van der Waals surface area contributed by atoms with Gasteiger partial charge in [0.25, 0.3) is 0 Å². The molecule has 0 aliphatic carbocycles. The summed E-state index contributed by atoms with van der Waals surface area (Å²) in [5, 5.41) is 0. The van der Waals surface area contributed by atoms with Gasteiger partial charge < -0.3 is 10.2 Å². The third-order valence-corrected chi connectivity index (χ3v) is 3.54. The van der Waals surface area contributed by atoms with Crippen molar-refractivity contribution in [3.63, 3.8) is 0 Å². The Morgan fingerprint density at radius 1 is 1.16 bits per heavy atom. The van der Waals surface area contributed by atoms with Gasteiger partial charge >= 0.3 is 0 Å². The number of aryl methyl sites for hydroxylation is 1. The van der Waals surface area contributed by atoms with Gasteiger partial charge in [-0.1, -0.05) is 26.7 Å². The lowest BCUT2D eigenvalue weighted by molar-refractivity contribution is 0.149. The van der Waals surface area contributed by atoms with E-state index in [1.54, 1.807) is 0 Å². The lowest BCUT2D eigenvalue weighted by Crippen LogP contribution is -2.40. The molecule has 0 saturated heterocycles. The summed E-state index contributed by atoms with van der Waals surface area (Å²) >= 11 is 0. The average molecular weight is 266 g/mol. The Kier molecular flexibility index (Phi) is 7.17. The minimum absolute atomic E-state index is 0.0827. The van der Waals surface area contributed by atoms with Crippen molar-refractivity contribution in [2.24, 2.45) is 5.73 Å². The van der Waals surface area contributed by atoms with E-state index in [9.17, 15) is 0 Å². The van der Waals surface area contributed by atoms with Crippen LogP contribution in [0.2, 0.25) is 0 Å². The maximum atomic E-state index is 6.22. The Hall–Kier alpha value is -0.800. The Balaban J connectivity index is 2.84. The van der Waals surface area contributed by atoms with Crippen LogP contribution in [0.25, 0.3) is 0 Å². The maximum Gasteiger partial charge on any atom is 0.122 e. The van der Waals surface area contributed by atoms with E-state index < -0.39 is 0 Å². The number of nitrogens with zero attached hydrogens (tertiary/aromatic N) is 1. The fourth-order valence-electron chi connectivity index (χ4n) is 2.50. The van der Waals surface area contributed by atoms with E-state index in [-0.39, 0.29) is 12.1 Å². The van der Waals surface area contributed by atoms with Crippen molar-refractivity contribution in [3.8, 4) is 0 Å². The minimum atomic E-state index is 0.0827. The first-order chi connectivity index (χ1) is 9.10. The molecule has 1 heterocycles. The largest absolute Gasteiger partial charge is 0.465 e. The summed E-state index contributed by atoms with van der Waals surface area (Å²) in [6.07, 6.45) is 4.86. The summed E-state index contributed by atoms with van der Waals surface area (Å²) in [5.41, 5.74) is 6.22. The highest BCUT2D eigenvalue weighted by Crippen LogP contribution is 2.26. The number of hydrogen-bond donors (Lipinski definition) is 1. The normalized spacial score (nSPS) is 14.8. The van der Waals surface area contributed by atoms with Crippen molar-refractivity contribution in [3.05, 3.63) is 23.7 Å². The van der Waals surface area contributed by atoms with Crippen LogP contribution in [0.4, 0.5) is 0 Å². The van der Waals surface area contributed by atoms with Crippen molar-refractivity contribution in [1.29, 1.82) is 0 Å². The SMILES string of the molecule is CCCCN(CCCC)C(c1ccc(C)o1)C(C)N. The van der Waals surface area contributed by atoms with E-state index in [4.69, 9.17) is 10.2 Å². The lowest BCUT2D eigenvalue weighted by atomic mass is 10.0. The summed E-state index contributed by atoms with van der Waals surface area (Å²) < 4.78 is 5.83. The highest BCUT2D eigenvalue weighted by molar-refractivity contribution is 5.11. The zero-order valence-electron chi connectivity index (χ0n) is 13.0. The van der Waals surface area contributed by atoms with E-state index in [0.29, 0.717) is 0 Å². The molecule has 3 heteroatoms. The number of nitrogens with two attached hydrogens (primary N) is 1. The monoisotopic (exact) mass is 266 g/mol. The molecule has 0 fully saturated rings. The Morgan fingerprint density at radius 3 is 2.11 bits per heavy atom. The van der Waals surface area contributed by atoms with Crippen LogP contribution in [0.5, 0.6) is 0 Å². The average Bonchev–Trinajstić information content (AvgIpc) is 2.78. The molecular formula is C16H30N2O. The predicted molar refractivity (Wildman–Crippen MR) is 81.2 cm³/mol. The molecule has 1 rings (SSSR count). The second-order valence-electron chi connectivity index (χ2n) is 5.50. The Bertz CT molecular complexity index is 338. The number of rotatable bonds is 9. The second-order valence-corrected chi connectivity index (χ2v) is 5.50. The summed E-state index contributed by atoms with van der Waals surface area (Å²) in [6.45, 7) is 10.7. The predicted octanol–water partition coefficient (Wildman–Crippen LogP) is 3.88. The van der Waals surface area contributed by atoms with Crippen LogP contribution in [0, 0.1) is 6.92 Å². The van der Waals surface area contributed by atoms with Crippen LogP contribution in [-0.2, 0) is 0 Å². The van der Waals surface area contributed by atoms with Crippen molar-refractivity contribution < 1.29 is 4.42 Å². The van der Waals surface area contributed by atoms with Gasteiger partial charge in [0.15, 0.2) is 0 Å². The van der Waals surface area contributed by atoms with E-state index in [1.807, 2.05) is 13.0 Å². The van der Waals surface area contributed by atoms with Gasteiger partial charge in [0, 0.05) is 6.04 Å². The molecular weight excluding hydrogens is 236 g/mol. The quantitative estimate of drug-likeness (QED) is 0.737. The molecule has 2 N–H and O–H groups in total. The zero-order chi connectivity index (χ0) is 14.3. The molecule has 0 bridgehead atoms. The second kappa shape index (κ2) is 8.39. The molecule has 1 aromatic heterocycles. The van der Waals surface area contributed by atoms with Gasteiger partial charge in [0.1, 0.15) is 11.5 Å². The minimum Gasteiger partial charge on any atom is -0.465 e. The van der Waals surface area contributed by atoms with Crippen molar-refractivity contribution in [2.75, 3.05) is 13.1 Å². The van der Waals surface area contributed by atoms with Crippen LogP contribution in [0.15, 0.2) is 16.5 Å². The number of furan rings is 1. The third-order valence-electron chi connectivity index (χ3n) is 3.54. The molecule has 0 saturated carbocycles. The van der Waals surface area contributed by atoms with Gasteiger partial charge in [0.05, 0.1) is 6.04 Å². The van der Waals surface area contributed by atoms with E-state index in [2.05, 4.69) is 31.7 Å². The van der Waals surface area contributed by atoms with Crippen molar-refractivity contribution in [2.45, 2.75) is 65.5 Å². The molecule has 0 spiro atoms. The van der Waals surface area contributed by atoms with Crippen LogP contribution in [0.1, 0.15) is 64.0 Å². The van der Waals surface area contributed by atoms with E-state index in [1.165, 1.54) is 25.7 Å². The smallest absolute Gasteiger partial charge is 0.122 e. The van der Waals surface area contributed by atoms with Gasteiger partial charge in [0.2, 0.25) is 0 Å². The van der Waals surface area contributed by atoms with E-state index >= 15 is 0 Å². The first-order valence-corrected chi connectivity index (χ1v) is 7.66. The van der Waals surface area contributed by atoms with Gasteiger partial charge in [-0.2, -0.15) is 0 Å². The van der Waals surface area contributed by atoms with Crippen LogP contribution < -0.4 is 5.73 Å². The molecule has 2 atom stereocenters. The van der Waals surface area contributed by atoms with Crippen LogP contribution in [-0.4, -0.2) is 24.0 Å². The topological polar surface area (TPSA) is 42.4 Å². The van der Waals surface area contributed by atoms with Gasteiger partial charge in [-0.15, -0.1) is 0 Å². The zero-order valence-corrected chi connectivity index (χ0v) is 13.0. The van der Waals surface area contributed by atoms with E-state index in [0.717, 1.165) is 24.6 Å². The molecule has 0 amide bonds. The molecule has 19 heavy (non-hydrogen) atoms. The highest BCUT2D eigenvalue weighted by Gasteiger charge is 2.26. The molecule has 0 aliphatic rings. The van der Waals surface area contributed by atoms with Crippen molar-refractivity contribution in [1.82, 2.24) is 4.90 Å². The molecule has 110 valence electrons. The summed E-state index contributed by atoms with van der Waals surface area (Å²) in [4.78, 5) is 2.50. The van der Waals surface area contributed by atoms with Gasteiger partial charge in [-0.3, -0.25) is 4.90 Å². The fraction of sp³-hybridized carbons (Fsp3) is 0.750. The van der Waals surface area contributed by atoms with Crippen LogP contribution in [0.3, 0.4) is 0 Å². The highest BCUT2D eigenvalue weighted by atomic mass is 16.3. The summed E-state index contributed by atoms with van der Waals surface area (Å²) in [5.74, 6) is 1.98. The maximum absolute atomic E-state index is 6.22. The van der Waals surface area contributed by atoms with Crippen molar-refractivity contribution >= 4 is 0 Å². The lowest BCUT2D eigenvalue weighted by Gasteiger charge is -2.33. The van der Waals surface area contributed by atoms with Gasteiger partial charge in [-0.25, -0.2) is 0 Å². The summed E-state index contributed by atoms with van der Waals surface area (Å²) in [7, 11) is 0. The summed E-state index contributed by atoms with van der Waals surface area (Å²) in [6, 6.07) is 4.39. The Morgan fingerprint density at radius 2 is 1.74 bits per heavy atom. The molecule has 0 aliphatic heterocycles. The Labute approximate surface area is 118 Å². The molecule has 2 unspecified atom stereocenters. The van der Waals surface area contributed by atoms with Gasteiger partial charge in [-0.05, 0) is 51.9 Å². The molecule has 3 nitrogen and oxygen atoms in total. The first-order valence-electron chi connectivity index (χ1n) is 7.66. The molecule has 1 aromatic rings. The number of unbranched alkanes of at least 4 members (excludes halogenated alkanes) is 2. The first kappa shape index (κ1) is 16.3. The van der Waals surface area contributed by atoms with Crippen LogP contribution >= 0.6 is 0 Å². The third kappa shape index (κ3) is 5.00. The molecule has 0 radical (unpaired) electrons. The molecule has 0 aromatic carbocycles. The number of hydrogen-bond acceptors (Lipinski definition) is 3. The fourth-order valence-corrected chi connectivity index (χ4v) is 2.50. The standard InChI is InChI=1S/C16H30N2O/c1-5-7-11-18(12-8-6-2)16(14(4)17)15-10-9-13(3)19-15/h9-10,14,16H,5-8,11-12,17H2,1-4H3.